The molecule has 0 radical (unpaired) electrons. The first-order chi connectivity index (χ1) is 7.74. The van der Waals surface area contributed by atoms with Gasteiger partial charge in [0.25, 0.3) is 0 Å². The highest BCUT2D eigenvalue weighted by atomic mass is 16.4. The summed E-state index contributed by atoms with van der Waals surface area (Å²) in [6.45, 7) is 3.87. The second-order valence-corrected chi connectivity index (χ2v) is 3.45. The number of hydrogen-bond acceptors (Lipinski definition) is 4. The van der Waals surface area contributed by atoms with Crippen molar-refractivity contribution in [1.82, 2.24) is 9.97 Å². The molecule has 0 atom stereocenters. The predicted octanol–water partition coefficient (Wildman–Crippen LogP) is 2.48. The summed E-state index contributed by atoms with van der Waals surface area (Å²) in [4.78, 5) is 8.32. The van der Waals surface area contributed by atoms with Gasteiger partial charge < -0.3 is 4.42 Å². The molecule has 0 spiro atoms. The summed E-state index contributed by atoms with van der Waals surface area (Å²) >= 11 is 0. The van der Waals surface area contributed by atoms with Crippen LogP contribution in [-0.4, -0.2) is 9.97 Å². The molecule has 0 aliphatic rings. The van der Waals surface area contributed by atoms with E-state index < -0.39 is 0 Å². The summed E-state index contributed by atoms with van der Waals surface area (Å²) in [6.07, 6.45) is 4.05. The maximum atomic E-state index is 8.81. The van der Waals surface area contributed by atoms with Crippen molar-refractivity contribution in [2.45, 2.75) is 20.3 Å². The van der Waals surface area contributed by atoms with Gasteiger partial charge in [0.15, 0.2) is 0 Å². The predicted molar refractivity (Wildman–Crippen MR) is 58.6 cm³/mol. The molecule has 0 N–H and O–H groups in total. The summed E-state index contributed by atoms with van der Waals surface area (Å²) in [7, 11) is 0. The highest BCUT2D eigenvalue weighted by Crippen LogP contribution is 2.22. The molecule has 80 valence electrons. The summed E-state index contributed by atoms with van der Waals surface area (Å²) in [5, 5.41) is 8.81. The molecule has 4 heteroatoms. The van der Waals surface area contributed by atoms with Crippen molar-refractivity contribution in [3.63, 3.8) is 0 Å². The van der Waals surface area contributed by atoms with Crippen molar-refractivity contribution >= 4 is 0 Å². The fourth-order valence-electron chi connectivity index (χ4n) is 1.41. The molecule has 0 amide bonds. The van der Waals surface area contributed by atoms with Crippen molar-refractivity contribution in [2.24, 2.45) is 0 Å². The van der Waals surface area contributed by atoms with Crippen molar-refractivity contribution in [3.05, 3.63) is 35.5 Å². The molecular weight excluding hydrogens is 202 g/mol. The maximum absolute atomic E-state index is 8.81. The minimum absolute atomic E-state index is 0.511. The minimum Gasteiger partial charge on any atom is -0.441 e. The van der Waals surface area contributed by atoms with Gasteiger partial charge in [0.1, 0.15) is 11.8 Å². The first-order valence-electron chi connectivity index (χ1n) is 5.06. The van der Waals surface area contributed by atoms with Crippen LogP contribution in [0.5, 0.6) is 0 Å². The van der Waals surface area contributed by atoms with E-state index in [0.29, 0.717) is 11.5 Å². The smallest absolute Gasteiger partial charge is 0.228 e. The van der Waals surface area contributed by atoms with Crippen molar-refractivity contribution in [2.75, 3.05) is 0 Å². The van der Waals surface area contributed by atoms with E-state index in [-0.39, 0.29) is 0 Å². The Morgan fingerprint density at radius 1 is 1.38 bits per heavy atom. The summed E-state index contributed by atoms with van der Waals surface area (Å²) < 4.78 is 5.54. The molecule has 0 aliphatic carbocycles. The molecule has 4 nitrogen and oxygen atoms in total. The maximum Gasteiger partial charge on any atom is 0.228 e. The lowest BCUT2D eigenvalue weighted by atomic mass is 10.1. The molecule has 0 saturated heterocycles. The van der Waals surface area contributed by atoms with Gasteiger partial charge in [-0.3, -0.25) is 4.98 Å². The normalized spacial score (nSPS) is 10.1. The number of nitrogens with zero attached hydrogens (tertiary/aromatic N) is 3. The Labute approximate surface area is 93.6 Å². The van der Waals surface area contributed by atoms with E-state index in [2.05, 4.69) is 16.0 Å². The molecule has 0 aromatic carbocycles. The summed E-state index contributed by atoms with van der Waals surface area (Å²) in [5.74, 6) is 1.36. The Bertz CT molecular complexity index is 552. The topological polar surface area (TPSA) is 62.7 Å². The SMILES string of the molecule is CCc1cnc(-c2cc(C#N)cnc2C)o1. The van der Waals surface area contributed by atoms with Gasteiger partial charge in [-0.25, -0.2) is 4.98 Å². The van der Waals surface area contributed by atoms with Gasteiger partial charge in [-0.05, 0) is 13.0 Å². The molecule has 0 unspecified atom stereocenters. The summed E-state index contributed by atoms with van der Waals surface area (Å²) in [6, 6.07) is 3.80. The third-order valence-corrected chi connectivity index (χ3v) is 2.35. The lowest BCUT2D eigenvalue weighted by Crippen LogP contribution is -1.89. The van der Waals surface area contributed by atoms with E-state index in [1.54, 1.807) is 18.5 Å². The van der Waals surface area contributed by atoms with Crippen LogP contribution >= 0.6 is 0 Å². The highest BCUT2D eigenvalue weighted by molar-refractivity contribution is 5.58. The molecule has 0 saturated carbocycles. The first kappa shape index (κ1) is 10.4. The van der Waals surface area contributed by atoms with Gasteiger partial charge in [0.05, 0.1) is 17.3 Å². The number of pyridine rings is 1. The zero-order valence-corrected chi connectivity index (χ0v) is 9.19. The third-order valence-electron chi connectivity index (χ3n) is 2.35. The molecule has 0 aliphatic heterocycles. The number of oxazole rings is 1. The first-order valence-corrected chi connectivity index (χ1v) is 5.06. The molecule has 2 rings (SSSR count). The van der Waals surface area contributed by atoms with Crippen molar-refractivity contribution in [1.29, 1.82) is 5.26 Å². The number of aryl methyl sites for hydroxylation is 2. The van der Waals surface area contributed by atoms with Crippen LogP contribution in [0, 0.1) is 18.3 Å². The van der Waals surface area contributed by atoms with Crippen LogP contribution in [0.2, 0.25) is 0 Å². The van der Waals surface area contributed by atoms with Crippen LogP contribution in [-0.2, 0) is 6.42 Å². The highest BCUT2D eigenvalue weighted by Gasteiger charge is 2.10. The average molecular weight is 213 g/mol. The second kappa shape index (κ2) is 4.15. The van der Waals surface area contributed by atoms with E-state index in [0.717, 1.165) is 23.4 Å². The van der Waals surface area contributed by atoms with Gasteiger partial charge in [-0.2, -0.15) is 5.26 Å². The van der Waals surface area contributed by atoms with Crippen LogP contribution in [0.15, 0.2) is 22.9 Å². The zero-order chi connectivity index (χ0) is 11.5. The van der Waals surface area contributed by atoms with Crippen LogP contribution in [0.3, 0.4) is 0 Å². The van der Waals surface area contributed by atoms with Gasteiger partial charge in [0.2, 0.25) is 5.89 Å². The van der Waals surface area contributed by atoms with Gasteiger partial charge in [-0.15, -0.1) is 0 Å². The second-order valence-electron chi connectivity index (χ2n) is 3.45. The monoisotopic (exact) mass is 213 g/mol. The van der Waals surface area contributed by atoms with Gasteiger partial charge in [0, 0.05) is 18.3 Å². The summed E-state index contributed by atoms with van der Waals surface area (Å²) in [5.41, 5.74) is 2.10. The van der Waals surface area contributed by atoms with E-state index in [1.165, 1.54) is 0 Å². The Morgan fingerprint density at radius 3 is 2.81 bits per heavy atom. The molecule has 2 aromatic rings. The Hall–Kier alpha value is -2.15. The zero-order valence-electron chi connectivity index (χ0n) is 9.19. The van der Waals surface area contributed by atoms with Crippen LogP contribution < -0.4 is 0 Å². The lowest BCUT2D eigenvalue weighted by molar-refractivity contribution is 0.524. The molecule has 2 aromatic heterocycles. The molecule has 0 bridgehead atoms. The van der Waals surface area contributed by atoms with Crippen molar-refractivity contribution < 1.29 is 4.42 Å². The fraction of sp³-hybridized carbons (Fsp3) is 0.250. The van der Waals surface area contributed by atoms with Crippen LogP contribution in [0.1, 0.15) is 23.9 Å². The molecule has 2 heterocycles. The standard InChI is InChI=1S/C12H11N3O/c1-3-10-7-15-12(16-10)11-4-9(5-13)6-14-8(11)2/h4,6-7H,3H2,1-2H3. The number of aromatic nitrogens is 2. The van der Waals surface area contributed by atoms with E-state index in [9.17, 15) is 0 Å². The Balaban J connectivity index is 2.50. The average Bonchev–Trinajstić information content (AvgIpc) is 2.78. The van der Waals surface area contributed by atoms with E-state index in [4.69, 9.17) is 9.68 Å². The Morgan fingerprint density at radius 2 is 2.19 bits per heavy atom. The van der Waals surface area contributed by atoms with Crippen molar-refractivity contribution in [3.8, 4) is 17.5 Å². The number of hydrogen-bond donors (Lipinski definition) is 0. The fourth-order valence-corrected chi connectivity index (χ4v) is 1.41. The molecule has 0 fully saturated rings. The Kier molecular flexibility index (Phi) is 2.69. The van der Waals surface area contributed by atoms with Gasteiger partial charge in [-0.1, -0.05) is 6.92 Å². The quantitative estimate of drug-likeness (QED) is 0.768. The number of rotatable bonds is 2. The van der Waals surface area contributed by atoms with E-state index >= 15 is 0 Å². The lowest BCUT2D eigenvalue weighted by Gasteiger charge is -2.00. The van der Waals surface area contributed by atoms with E-state index in [1.807, 2.05) is 13.8 Å². The third kappa shape index (κ3) is 1.80. The van der Waals surface area contributed by atoms with Crippen LogP contribution in [0.25, 0.3) is 11.5 Å². The van der Waals surface area contributed by atoms with Crippen LogP contribution in [0.4, 0.5) is 0 Å². The molecule has 16 heavy (non-hydrogen) atoms. The largest absolute Gasteiger partial charge is 0.441 e. The minimum atomic E-state index is 0.511. The number of nitriles is 1. The van der Waals surface area contributed by atoms with Gasteiger partial charge >= 0.3 is 0 Å². The molecular formula is C12H11N3O.